The van der Waals surface area contributed by atoms with E-state index < -0.39 is 0 Å². The Morgan fingerprint density at radius 2 is 2.12 bits per heavy atom. The number of aromatic nitrogens is 2. The van der Waals surface area contributed by atoms with Crippen LogP contribution in [0.2, 0.25) is 0 Å². The van der Waals surface area contributed by atoms with E-state index in [9.17, 15) is 0 Å². The second kappa shape index (κ2) is 4.87. The smallest absolute Gasteiger partial charge is 0.145 e. The molecule has 0 aliphatic carbocycles. The van der Waals surface area contributed by atoms with Gasteiger partial charge in [0.15, 0.2) is 0 Å². The zero-order valence-electron chi connectivity index (χ0n) is 10.6. The van der Waals surface area contributed by atoms with Crippen molar-refractivity contribution in [2.75, 3.05) is 23.4 Å². The van der Waals surface area contributed by atoms with Gasteiger partial charge in [0, 0.05) is 19.2 Å². The van der Waals surface area contributed by atoms with Crippen LogP contribution in [0.25, 0.3) is 0 Å². The average molecular weight is 235 g/mol. The standard InChI is InChI=1S/C12H21N5/c1-3-12(2)4-6-17(7-5-12)11-8-10(16-13)14-9-15-11/h8-9H,3-7,13H2,1-2H3,(H,14,15,16). The number of hydrogen-bond acceptors (Lipinski definition) is 5. The quantitative estimate of drug-likeness (QED) is 0.617. The molecule has 1 saturated heterocycles. The third-order valence-electron chi connectivity index (χ3n) is 3.95. The lowest BCUT2D eigenvalue weighted by Crippen LogP contribution is -2.38. The van der Waals surface area contributed by atoms with Crippen LogP contribution in [0.15, 0.2) is 12.4 Å². The Morgan fingerprint density at radius 3 is 2.71 bits per heavy atom. The molecule has 0 unspecified atom stereocenters. The van der Waals surface area contributed by atoms with Gasteiger partial charge in [0.05, 0.1) is 0 Å². The van der Waals surface area contributed by atoms with Gasteiger partial charge >= 0.3 is 0 Å². The molecule has 1 aliphatic heterocycles. The number of piperidine rings is 1. The highest BCUT2D eigenvalue weighted by Gasteiger charge is 2.28. The molecular formula is C12H21N5. The monoisotopic (exact) mass is 235 g/mol. The fourth-order valence-corrected chi connectivity index (χ4v) is 2.23. The lowest BCUT2D eigenvalue weighted by atomic mass is 9.78. The van der Waals surface area contributed by atoms with Crippen molar-refractivity contribution in [1.29, 1.82) is 0 Å². The molecule has 1 aliphatic rings. The summed E-state index contributed by atoms with van der Waals surface area (Å²) in [6.07, 6.45) is 5.25. The number of nitrogens with one attached hydrogen (secondary N) is 1. The number of anilines is 2. The zero-order chi connectivity index (χ0) is 12.3. The summed E-state index contributed by atoms with van der Waals surface area (Å²) in [4.78, 5) is 10.6. The van der Waals surface area contributed by atoms with Gasteiger partial charge in [-0.05, 0) is 18.3 Å². The Balaban J connectivity index is 2.05. The van der Waals surface area contributed by atoms with Crippen molar-refractivity contribution in [3.8, 4) is 0 Å². The molecule has 2 heterocycles. The summed E-state index contributed by atoms with van der Waals surface area (Å²) < 4.78 is 0. The predicted molar refractivity (Wildman–Crippen MR) is 69.7 cm³/mol. The van der Waals surface area contributed by atoms with Crippen molar-refractivity contribution in [3.63, 3.8) is 0 Å². The minimum atomic E-state index is 0.498. The third kappa shape index (κ3) is 2.66. The summed E-state index contributed by atoms with van der Waals surface area (Å²) in [5.41, 5.74) is 3.05. The molecule has 0 spiro atoms. The molecule has 5 heteroatoms. The van der Waals surface area contributed by atoms with E-state index in [1.165, 1.54) is 19.3 Å². The molecule has 0 amide bonds. The highest BCUT2D eigenvalue weighted by Crippen LogP contribution is 2.35. The number of nitrogen functional groups attached to an aromatic ring is 1. The maximum atomic E-state index is 5.35. The normalized spacial score (nSPS) is 19.1. The number of rotatable bonds is 3. The number of nitrogens with zero attached hydrogens (tertiary/aromatic N) is 3. The number of hydrazine groups is 1. The van der Waals surface area contributed by atoms with Crippen molar-refractivity contribution in [2.24, 2.45) is 11.3 Å². The first kappa shape index (κ1) is 12.1. The molecule has 1 aromatic rings. The van der Waals surface area contributed by atoms with Gasteiger partial charge in [-0.25, -0.2) is 15.8 Å². The molecule has 0 atom stereocenters. The summed E-state index contributed by atoms with van der Waals surface area (Å²) >= 11 is 0. The van der Waals surface area contributed by atoms with Crippen LogP contribution < -0.4 is 16.2 Å². The summed E-state index contributed by atoms with van der Waals surface area (Å²) in [5, 5.41) is 0. The van der Waals surface area contributed by atoms with Crippen LogP contribution in [-0.4, -0.2) is 23.1 Å². The van der Waals surface area contributed by atoms with E-state index in [2.05, 4.69) is 34.1 Å². The van der Waals surface area contributed by atoms with E-state index in [0.29, 0.717) is 11.2 Å². The molecule has 1 fully saturated rings. The Hall–Kier alpha value is -1.36. The lowest BCUT2D eigenvalue weighted by Gasteiger charge is -2.39. The molecule has 17 heavy (non-hydrogen) atoms. The topological polar surface area (TPSA) is 67.1 Å². The van der Waals surface area contributed by atoms with Gasteiger partial charge in [-0.2, -0.15) is 0 Å². The van der Waals surface area contributed by atoms with Crippen molar-refractivity contribution < 1.29 is 0 Å². The van der Waals surface area contributed by atoms with Gasteiger partial charge in [-0.3, -0.25) is 0 Å². The van der Waals surface area contributed by atoms with Gasteiger partial charge in [-0.15, -0.1) is 0 Å². The predicted octanol–water partition coefficient (Wildman–Crippen LogP) is 1.78. The maximum Gasteiger partial charge on any atom is 0.145 e. The van der Waals surface area contributed by atoms with Crippen molar-refractivity contribution in [2.45, 2.75) is 33.1 Å². The van der Waals surface area contributed by atoms with E-state index in [-0.39, 0.29) is 0 Å². The first-order chi connectivity index (χ1) is 8.17. The van der Waals surface area contributed by atoms with Crippen LogP contribution in [0.4, 0.5) is 11.6 Å². The highest BCUT2D eigenvalue weighted by molar-refractivity contribution is 5.48. The van der Waals surface area contributed by atoms with Crippen LogP contribution in [0.5, 0.6) is 0 Å². The SMILES string of the molecule is CCC1(C)CCN(c2cc(NN)ncn2)CC1. The minimum absolute atomic E-state index is 0.498. The van der Waals surface area contributed by atoms with Crippen molar-refractivity contribution in [3.05, 3.63) is 12.4 Å². The van der Waals surface area contributed by atoms with Gasteiger partial charge in [0.2, 0.25) is 0 Å². The first-order valence-electron chi connectivity index (χ1n) is 6.20. The minimum Gasteiger partial charge on any atom is -0.356 e. The lowest BCUT2D eigenvalue weighted by molar-refractivity contribution is 0.238. The van der Waals surface area contributed by atoms with Crippen molar-refractivity contribution in [1.82, 2.24) is 9.97 Å². The molecule has 94 valence electrons. The van der Waals surface area contributed by atoms with E-state index in [4.69, 9.17) is 5.84 Å². The molecule has 2 rings (SSSR count). The molecular weight excluding hydrogens is 214 g/mol. The van der Waals surface area contributed by atoms with Gasteiger partial charge in [0.1, 0.15) is 18.0 Å². The Kier molecular flexibility index (Phi) is 3.47. The molecule has 1 aromatic heterocycles. The third-order valence-corrected chi connectivity index (χ3v) is 3.95. The highest BCUT2D eigenvalue weighted by atomic mass is 15.3. The average Bonchev–Trinajstić information content (AvgIpc) is 2.40. The largest absolute Gasteiger partial charge is 0.356 e. The van der Waals surface area contributed by atoms with Crippen LogP contribution in [-0.2, 0) is 0 Å². The molecule has 0 aromatic carbocycles. The first-order valence-corrected chi connectivity index (χ1v) is 6.20. The maximum absolute atomic E-state index is 5.35. The van der Waals surface area contributed by atoms with E-state index >= 15 is 0 Å². The van der Waals surface area contributed by atoms with Crippen LogP contribution in [0.1, 0.15) is 33.1 Å². The van der Waals surface area contributed by atoms with Crippen LogP contribution in [0, 0.1) is 5.41 Å². The second-order valence-electron chi connectivity index (χ2n) is 5.06. The zero-order valence-corrected chi connectivity index (χ0v) is 10.6. The van der Waals surface area contributed by atoms with Crippen LogP contribution >= 0.6 is 0 Å². The Labute approximate surface area is 102 Å². The summed E-state index contributed by atoms with van der Waals surface area (Å²) in [5.74, 6) is 6.98. The van der Waals surface area contributed by atoms with E-state index in [0.717, 1.165) is 18.9 Å². The van der Waals surface area contributed by atoms with E-state index in [1.54, 1.807) is 6.33 Å². The fourth-order valence-electron chi connectivity index (χ4n) is 2.23. The van der Waals surface area contributed by atoms with Crippen molar-refractivity contribution >= 4 is 11.6 Å². The molecule has 0 saturated carbocycles. The molecule has 5 nitrogen and oxygen atoms in total. The molecule has 3 N–H and O–H groups in total. The Morgan fingerprint density at radius 1 is 1.41 bits per heavy atom. The van der Waals surface area contributed by atoms with Gasteiger partial charge in [0.25, 0.3) is 0 Å². The fraction of sp³-hybridized carbons (Fsp3) is 0.667. The summed E-state index contributed by atoms with van der Waals surface area (Å²) in [6, 6.07) is 1.90. The Bertz CT molecular complexity index is 371. The van der Waals surface area contributed by atoms with Gasteiger partial charge < -0.3 is 10.3 Å². The van der Waals surface area contributed by atoms with E-state index in [1.807, 2.05) is 6.07 Å². The second-order valence-corrected chi connectivity index (χ2v) is 5.06. The molecule has 0 bridgehead atoms. The number of nitrogens with two attached hydrogens (primary N) is 1. The van der Waals surface area contributed by atoms with Crippen LogP contribution in [0.3, 0.4) is 0 Å². The summed E-state index contributed by atoms with van der Waals surface area (Å²) in [6.45, 7) is 6.77. The number of hydrogen-bond donors (Lipinski definition) is 2. The summed E-state index contributed by atoms with van der Waals surface area (Å²) in [7, 11) is 0. The van der Waals surface area contributed by atoms with Gasteiger partial charge in [-0.1, -0.05) is 20.3 Å². The molecule has 0 radical (unpaired) electrons.